The van der Waals surface area contributed by atoms with Crippen LogP contribution in [0, 0.1) is 6.92 Å². The zero-order valence-electron chi connectivity index (χ0n) is 16.1. The third kappa shape index (κ3) is 3.98. The van der Waals surface area contributed by atoms with E-state index in [1.54, 1.807) is 12.1 Å². The van der Waals surface area contributed by atoms with Crippen molar-refractivity contribution in [1.29, 1.82) is 0 Å². The number of benzene rings is 2. The smallest absolute Gasteiger partial charge is 0.260 e. The van der Waals surface area contributed by atoms with Crippen molar-refractivity contribution in [3.8, 4) is 0 Å². The molecule has 0 unspecified atom stereocenters. The Balaban J connectivity index is 1.78. The lowest BCUT2D eigenvalue weighted by atomic mass is 10.2. The molecule has 2 aromatic carbocycles. The molecule has 0 bridgehead atoms. The van der Waals surface area contributed by atoms with E-state index < -0.39 is 9.84 Å². The fourth-order valence-corrected chi connectivity index (χ4v) is 4.94. The molecule has 0 saturated carbocycles. The van der Waals surface area contributed by atoms with Crippen LogP contribution in [0.3, 0.4) is 0 Å². The summed E-state index contributed by atoms with van der Waals surface area (Å²) in [5.74, 6) is 0.275. The number of sulfone groups is 1. The van der Waals surface area contributed by atoms with Gasteiger partial charge in [-0.15, -0.1) is 0 Å². The summed E-state index contributed by atoms with van der Waals surface area (Å²) in [6.45, 7) is 2.11. The van der Waals surface area contributed by atoms with Crippen molar-refractivity contribution in [3.63, 3.8) is 0 Å². The summed E-state index contributed by atoms with van der Waals surface area (Å²) in [5, 5.41) is 1.05. The first-order valence-electron chi connectivity index (χ1n) is 8.94. The number of fused-ring (bicyclic) bond motifs is 1. The summed E-state index contributed by atoms with van der Waals surface area (Å²) in [6, 6.07) is 13.1. The number of carbonyl (C=O) groups excluding carboxylic acids is 1. The second-order valence-corrected chi connectivity index (χ2v) is 10.2. The average molecular weight is 461 g/mol. The van der Waals surface area contributed by atoms with Crippen molar-refractivity contribution < 1.29 is 17.6 Å². The summed E-state index contributed by atoms with van der Waals surface area (Å²) in [4.78, 5) is 19.7. The minimum Gasteiger partial charge on any atom is -0.467 e. The number of furan rings is 1. The van der Waals surface area contributed by atoms with Gasteiger partial charge in [0.15, 0.2) is 15.0 Å². The number of aromatic nitrogens is 1. The van der Waals surface area contributed by atoms with Crippen molar-refractivity contribution in [2.75, 3.05) is 11.2 Å². The molecule has 0 fully saturated rings. The number of anilines is 1. The maximum absolute atomic E-state index is 13.3. The molecule has 0 aliphatic heterocycles. The van der Waals surface area contributed by atoms with E-state index in [-0.39, 0.29) is 17.3 Å². The Labute approximate surface area is 182 Å². The second-order valence-electron chi connectivity index (χ2n) is 6.81. The Morgan fingerprint density at radius 3 is 2.50 bits per heavy atom. The molecule has 4 aromatic rings. The molecule has 0 atom stereocenters. The third-order valence-corrected chi connectivity index (χ3v) is 7.25. The van der Waals surface area contributed by atoms with Crippen molar-refractivity contribution in [2.45, 2.75) is 18.4 Å². The molecule has 0 N–H and O–H groups in total. The van der Waals surface area contributed by atoms with Gasteiger partial charge in [-0.1, -0.05) is 29.0 Å². The number of amides is 1. The van der Waals surface area contributed by atoms with E-state index in [9.17, 15) is 13.2 Å². The highest BCUT2D eigenvalue weighted by Gasteiger charge is 2.24. The van der Waals surface area contributed by atoms with Crippen LogP contribution in [0.4, 0.5) is 5.13 Å². The number of halogens is 1. The molecule has 30 heavy (non-hydrogen) atoms. The Kier molecular flexibility index (Phi) is 5.40. The second kappa shape index (κ2) is 7.86. The number of aryl methyl sites for hydroxylation is 1. The SMILES string of the molecule is Cc1ccc(Cl)c2sc(N(Cc3ccco3)C(=O)c3ccc(S(C)(=O)=O)cc3)nc12. The molecule has 0 radical (unpaired) electrons. The number of nitrogens with zero attached hydrogens (tertiary/aromatic N) is 2. The molecule has 9 heteroatoms. The molecule has 2 aromatic heterocycles. The summed E-state index contributed by atoms with van der Waals surface area (Å²) < 4.78 is 29.7. The zero-order valence-corrected chi connectivity index (χ0v) is 18.5. The van der Waals surface area contributed by atoms with Crippen LogP contribution >= 0.6 is 22.9 Å². The Bertz CT molecular complexity index is 1290. The lowest BCUT2D eigenvalue weighted by Gasteiger charge is -2.19. The topological polar surface area (TPSA) is 80.5 Å². The summed E-state index contributed by atoms with van der Waals surface area (Å²) in [7, 11) is -3.35. The van der Waals surface area contributed by atoms with Gasteiger partial charge in [-0.25, -0.2) is 13.4 Å². The molecule has 1 amide bonds. The van der Waals surface area contributed by atoms with E-state index in [2.05, 4.69) is 4.98 Å². The summed E-state index contributed by atoms with van der Waals surface area (Å²) >= 11 is 7.66. The molecular formula is C21H17ClN2O4S2. The summed E-state index contributed by atoms with van der Waals surface area (Å²) in [5.41, 5.74) is 2.04. The maximum atomic E-state index is 13.3. The van der Waals surface area contributed by atoms with E-state index in [1.807, 2.05) is 19.1 Å². The van der Waals surface area contributed by atoms with Crippen LogP contribution < -0.4 is 4.90 Å². The molecule has 6 nitrogen and oxygen atoms in total. The van der Waals surface area contributed by atoms with Gasteiger partial charge >= 0.3 is 0 Å². The monoisotopic (exact) mass is 460 g/mol. The van der Waals surface area contributed by atoms with Crippen LogP contribution in [0.2, 0.25) is 5.02 Å². The lowest BCUT2D eigenvalue weighted by molar-refractivity contribution is 0.0983. The van der Waals surface area contributed by atoms with Crippen LogP contribution in [-0.4, -0.2) is 25.6 Å². The van der Waals surface area contributed by atoms with Crippen molar-refractivity contribution in [1.82, 2.24) is 4.98 Å². The van der Waals surface area contributed by atoms with Gasteiger partial charge in [-0.05, 0) is 55.0 Å². The molecule has 0 spiro atoms. The van der Waals surface area contributed by atoms with Gasteiger partial charge in [0.1, 0.15) is 5.76 Å². The van der Waals surface area contributed by atoms with Crippen molar-refractivity contribution in [2.24, 2.45) is 0 Å². The molecule has 4 rings (SSSR count). The highest BCUT2D eigenvalue weighted by Crippen LogP contribution is 2.36. The number of hydrogen-bond donors (Lipinski definition) is 0. The van der Waals surface area contributed by atoms with E-state index in [0.29, 0.717) is 21.5 Å². The predicted octanol–water partition coefficient (Wildman–Crippen LogP) is 5.10. The van der Waals surface area contributed by atoms with Gasteiger partial charge in [0.05, 0.1) is 32.9 Å². The highest BCUT2D eigenvalue weighted by molar-refractivity contribution is 7.90. The minimum atomic E-state index is -3.35. The van der Waals surface area contributed by atoms with Gasteiger partial charge in [-0.2, -0.15) is 0 Å². The van der Waals surface area contributed by atoms with E-state index in [4.69, 9.17) is 16.0 Å². The molecule has 154 valence electrons. The van der Waals surface area contributed by atoms with E-state index >= 15 is 0 Å². The molecule has 2 heterocycles. The maximum Gasteiger partial charge on any atom is 0.260 e. The number of thiazole rings is 1. The Morgan fingerprint density at radius 2 is 1.90 bits per heavy atom. The van der Waals surface area contributed by atoms with Crippen molar-refractivity contribution >= 4 is 54.0 Å². The normalized spacial score (nSPS) is 11.7. The minimum absolute atomic E-state index is 0.152. The first-order valence-corrected chi connectivity index (χ1v) is 12.0. The van der Waals surface area contributed by atoms with E-state index in [1.165, 1.54) is 46.8 Å². The van der Waals surface area contributed by atoms with Crippen LogP contribution in [0.15, 0.2) is 64.1 Å². The van der Waals surface area contributed by atoms with Crippen LogP contribution in [-0.2, 0) is 16.4 Å². The molecular weight excluding hydrogens is 444 g/mol. The predicted molar refractivity (Wildman–Crippen MR) is 118 cm³/mol. The highest BCUT2D eigenvalue weighted by atomic mass is 35.5. The fraction of sp³-hybridized carbons (Fsp3) is 0.143. The molecule has 0 saturated heterocycles. The number of carbonyl (C=O) groups is 1. The standard InChI is InChI=1S/C21H17ClN2O4S2/c1-13-5-10-17(22)19-18(13)23-21(29-19)24(12-15-4-3-11-28-15)20(25)14-6-8-16(9-7-14)30(2,26)27/h3-11H,12H2,1-2H3. The van der Waals surface area contributed by atoms with Crippen LogP contribution in [0.25, 0.3) is 10.2 Å². The van der Waals surface area contributed by atoms with Gasteiger partial charge in [0.2, 0.25) is 0 Å². The van der Waals surface area contributed by atoms with Crippen LogP contribution in [0.1, 0.15) is 21.7 Å². The fourth-order valence-electron chi connectivity index (χ4n) is 2.99. The third-order valence-electron chi connectivity index (χ3n) is 4.59. The Morgan fingerprint density at radius 1 is 1.17 bits per heavy atom. The van der Waals surface area contributed by atoms with Gasteiger partial charge in [-0.3, -0.25) is 9.69 Å². The van der Waals surface area contributed by atoms with Crippen molar-refractivity contribution in [3.05, 3.63) is 76.7 Å². The van der Waals surface area contributed by atoms with Gasteiger partial charge in [0.25, 0.3) is 5.91 Å². The first kappa shape index (κ1) is 20.6. The van der Waals surface area contributed by atoms with Gasteiger partial charge in [0, 0.05) is 11.8 Å². The number of rotatable bonds is 5. The molecule has 0 aliphatic carbocycles. The summed E-state index contributed by atoms with van der Waals surface area (Å²) in [6.07, 6.45) is 2.67. The van der Waals surface area contributed by atoms with Crippen LogP contribution in [0.5, 0.6) is 0 Å². The molecule has 0 aliphatic rings. The van der Waals surface area contributed by atoms with Gasteiger partial charge < -0.3 is 4.42 Å². The number of hydrogen-bond acceptors (Lipinski definition) is 6. The largest absolute Gasteiger partial charge is 0.467 e. The quantitative estimate of drug-likeness (QED) is 0.413. The van der Waals surface area contributed by atoms with E-state index in [0.717, 1.165) is 22.0 Å². The Hall–Kier alpha value is -2.68. The lowest BCUT2D eigenvalue weighted by Crippen LogP contribution is -2.30. The average Bonchev–Trinajstić information content (AvgIpc) is 3.38. The first-order chi connectivity index (χ1) is 14.2. The zero-order chi connectivity index (χ0) is 21.5.